The predicted molar refractivity (Wildman–Crippen MR) is 182 cm³/mol. The minimum absolute atomic E-state index is 0.115. The molecule has 0 radical (unpaired) electrons. The van der Waals surface area contributed by atoms with Gasteiger partial charge in [0.2, 0.25) is 5.91 Å². The van der Waals surface area contributed by atoms with E-state index in [1.165, 1.54) is 30.2 Å². The van der Waals surface area contributed by atoms with Gasteiger partial charge in [-0.3, -0.25) is 14.5 Å². The van der Waals surface area contributed by atoms with E-state index in [0.717, 1.165) is 34.5 Å². The van der Waals surface area contributed by atoms with Crippen LogP contribution in [0.25, 0.3) is 6.08 Å². The highest BCUT2D eigenvalue weighted by Crippen LogP contribution is 2.33. The second-order valence-corrected chi connectivity index (χ2v) is 11.8. The van der Waals surface area contributed by atoms with Crippen molar-refractivity contribution < 1.29 is 37.0 Å². The van der Waals surface area contributed by atoms with E-state index in [9.17, 15) is 22.8 Å². The highest BCUT2D eigenvalue weighted by molar-refractivity contribution is 8.14. The highest BCUT2D eigenvalue weighted by Gasteiger charge is 2.34. The Balaban J connectivity index is 1.34. The van der Waals surface area contributed by atoms with Crippen LogP contribution in [0.2, 0.25) is 5.02 Å². The summed E-state index contributed by atoms with van der Waals surface area (Å²) in [5, 5.41) is 3.35. The Morgan fingerprint density at radius 2 is 1.67 bits per heavy atom. The van der Waals surface area contributed by atoms with Gasteiger partial charge in [-0.05, 0) is 79.1 Å². The van der Waals surface area contributed by atoms with Crippen LogP contribution in [-0.4, -0.2) is 36.2 Å². The molecule has 0 atom stereocenters. The van der Waals surface area contributed by atoms with Crippen molar-refractivity contribution >= 4 is 57.8 Å². The van der Waals surface area contributed by atoms with Crippen molar-refractivity contribution in [2.75, 3.05) is 23.1 Å². The monoisotopic (exact) mass is 695 g/mol. The average molecular weight is 696 g/mol. The SMILES string of the molecule is COc1cc(C=C2N=C(SCC(=O)Nc3ccccc3OC(F)(F)F)N(c3ccccc3)C2=O)ccc1COc1cc(C)c(Cl)c(C)c1. The van der Waals surface area contributed by atoms with Crippen LogP contribution in [0.5, 0.6) is 17.2 Å². The third kappa shape index (κ3) is 8.50. The number of thioether (sulfide) groups is 1. The molecule has 0 saturated heterocycles. The number of amides is 2. The van der Waals surface area contributed by atoms with Gasteiger partial charge in [0.25, 0.3) is 5.91 Å². The number of alkyl halides is 3. The molecular weight excluding hydrogens is 667 g/mol. The maximum absolute atomic E-state index is 13.6. The number of nitrogens with one attached hydrogen (secondary N) is 1. The van der Waals surface area contributed by atoms with Gasteiger partial charge in [-0.25, -0.2) is 4.99 Å². The van der Waals surface area contributed by atoms with Gasteiger partial charge in [-0.15, -0.1) is 13.2 Å². The third-order valence-corrected chi connectivity index (χ3v) is 8.52. The molecule has 5 rings (SSSR count). The molecule has 2 amide bonds. The van der Waals surface area contributed by atoms with Crippen molar-refractivity contribution in [1.29, 1.82) is 0 Å². The maximum atomic E-state index is 13.6. The van der Waals surface area contributed by atoms with Gasteiger partial charge < -0.3 is 19.5 Å². The molecule has 1 aliphatic heterocycles. The van der Waals surface area contributed by atoms with E-state index in [0.29, 0.717) is 27.8 Å². The summed E-state index contributed by atoms with van der Waals surface area (Å²) in [6.07, 6.45) is -3.32. The van der Waals surface area contributed by atoms with Crippen LogP contribution in [0, 0.1) is 13.8 Å². The van der Waals surface area contributed by atoms with Gasteiger partial charge >= 0.3 is 6.36 Å². The zero-order chi connectivity index (χ0) is 34.4. The number of rotatable bonds is 10. The standard InChI is InChI=1S/C35H29ClF3N3O5S/c1-21-15-26(16-22(2)32(21)36)46-19-24-14-13-23(18-30(24)45-3)17-28-33(44)42(25-9-5-4-6-10-25)34(41-28)48-20-31(43)40-27-11-7-8-12-29(27)47-35(37,38)39/h4-18H,19-20H2,1-3H3,(H,40,43). The molecule has 4 aromatic rings. The largest absolute Gasteiger partial charge is 0.573 e. The lowest BCUT2D eigenvalue weighted by molar-refractivity contribution is -0.274. The van der Waals surface area contributed by atoms with Crippen molar-refractivity contribution in [3.8, 4) is 17.2 Å². The molecule has 0 fully saturated rings. The highest BCUT2D eigenvalue weighted by atomic mass is 35.5. The Morgan fingerprint density at radius 3 is 2.35 bits per heavy atom. The average Bonchev–Trinajstić information content (AvgIpc) is 3.36. The van der Waals surface area contributed by atoms with E-state index < -0.39 is 23.9 Å². The zero-order valence-corrected chi connectivity index (χ0v) is 27.5. The Morgan fingerprint density at radius 1 is 0.979 bits per heavy atom. The van der Waals surface area contributed by atoms with Crippen molar-refractivity contribution in [2.24, 2.45) is 4.99 Å². The van der Waals surface area contributed by atoms with Crippen LogP contribution < -0.4 is 24.4 Å². The number of benzene rings is 4. The van der Waals surface area contributed by atoms with E-state index in [2.05, 4.69) is 15.0 Å². The lowest BCUT2D eigenvalue weighted by atomic mass is 10.1. The first kappa shape index (κ1) is 34.4. The molecule has 1 N–H and O–H groups in total. The van der Waals surface area contributed by atoms with Crippen molar-refractivity contribution in [2.45, 2.75) is 26.8 Å². The summed E-state index contributed by atoms with van der Waals surface area (Å²) >= 11 is 7.24. The number of nitrogens with zero attached hydrogens (tertiary/aromatic N) is 2. The summed E-state index contributed by atoms with van der Waals surface area (Å²) in [4.78, 5) is 32.4. The summed E-state index contributed by atoms with van der Waals surface area (Å²) in [5.41, 5.74) is 3.73. The number of anilines is 2. The number of hydrogen-bond acceptors (Lipinski definition) is 7. The predicted octanol–water partition coefficient (Wildman–Crippen LogP) is 8.56. The van der Waals surface area contributed by atoms with E-state index in [4.69, 9.17) is 21.1 Å². The first-order valence-corrected chi connectivity index (χ1v) is 15.8. The van der Waals surface area contributed by atoms with E-state index >= 15 is 0 Å². The van der Waals surface area contributed by atoms with Crippen LogP contribution in [0.1, 0.15) is 22.3 Å². The van der Waals surface area contributed by atoms with Crippen LogP contribution >= 0.6 is 23.4 Å². The number of aliphatic imine (C=N–C) groups is 1. The number of para-hydroxylation sites is 3. The summed E-state index contributed by atoms with van der Waals surface area (Å²) in [6.45, 7) is 4.05. The summed E-state index contributed by atoms with van der Waals surface area (Å²) < 4.78 is 54.1. The Labute approximate surface area is 284 Å². The number of carbonyl (C=O) groups excluding carboxylic acids is 2. The summed E-state index contributed by atoms with van der Waals surface area (Å²) in [5.74, 6) is -0.624. The molecule has 0 aromatic heterocycles. The quantitative estimate of drug-likeness (QED) is 0.167. The molecule has 4 aromatic carbocycles. The topological polar surface area (TPSA) is 89.5 Å². The molecule has 8 nitrogen and oxygen atoms in total. The van der Waals surface area contributed by atoms with Gasteiger partial charge in [0, 0.05) is 10.6 Å². The molecule has 1 aliphatic rings. The molecule has 48 heavy (non-hydrogen) atoms. The van der Waals surface area contributed by atoms with E-state index in [1.807, 2.05) is 32.0 Å². The number of carbonyl (C=O) groups is 2. The van der Waals surface area contributed by atoms with Crippen LogP contribution in [0.3, 0.4) is 0 Å². The number of aryl methyl sites for hydroxylation is 2. The molecule has 13 heteroatoms. The number of halogens is 4. The summed E-state index contributed by atoms with van der Waals surface area (Å²) in [6, 6.07) is 23.1. The molecule has 0 spiro atoms. The fraction of sp³-hybridized carbons (Fsp3) is 0.171. The molecule has 248 valence electrons. The van der Waals surface area contributed by atoms with Gasteiger partial charge in [-0.1, -0.05) is 65.8 Å². The van der Waals surface area contributed by atoms with E-state index in [-0.39, 0.29) is 28.9 Å². The van der Waals surface area contributed by atoms with Gasteiger partial charge in [0.1, 0.15) is 23.8 Å². The van der Waals surface area contributed by atoms with Crippen molar-refractivity contribution in [1.82, 2.24) is 0 Å². The second kappa shape index (κ2) is 14.9. The van der Waals surface area contributed by atoms with Gasteiger partial charge in [0.05, 0.1) is 24.2 Å². The molecule has 0 bridgehead atoms. The number of methoxy groups -OCH3 is 1. The second-order valence-electron chi connectivity index (χ2n) is 10.5. The normalized spacial score (nSPS) is 13.8. The fourth-order valence-electron chi connectivity index (χ4n) is 4.78. The zero-order valence-electron chi connectivity index (χ0n) is 25.9. The molecule has 1 heterocycles. The minimum Gasteiger partial charge on any atom is -0.496 e. The summed E-state index contributed by atoms with van der Waals surface area (Å²) in [7, 11) is 1.54. The lowest BCUT2D eigenvalue weighted by Crippen LogP contribution is -2.31. The fourth-order valence-corrected chi connectivity index (χ4v) is 5.70. The van der Waals surface area contributed by atoms with Crippen LogP contribution in [-0.2, 0) is 16.2 Å². The number of amidine groups is 1. The van der Waals surface area contributed by atoms with Crippen LogP contribution in [0.15, 0.2) is 95.6 Å². The first-order valence-electron chi connectivity index (χ1n) is 14.5. The van der Waals surface area contributed by atoms with Crippen molar-refractivity contribution in [3.63, 3.8) is 0 Å². The molecular formula is C35H29ClF3N3O5S. The third-order valence-electron chi connectivity index (χ3n) is 6.98. The van der Waals surface area contributed by atoms with Gasteiger partial charge in [-0.2, -0.15) is 0 Å². The van der Waals surface area contributed by atoms with Crippen molar-refractivity contribution in [3.05, 3.63) is 118 Å². The Kier molecular flexibility index (Phi) is 10.7. The van der Waals surface area contributed by atoms with Crippen LogP contribution in [0.4, 0.5) is 24.5 Å². The molecule has 0 unspecified atom stereocenters. The lowest BCUT2D eigenvalue weighted by Gasteiger charge is -2.18. The number of ether oxygens (including phenoxy) is 3. The Bertz CT molecular complexity index is 1880. The molecule has 0 saturated carbocycles. The minimum atomic E-state index is -4.93. The van der Waals surface area contributed by atoms with E-state index in [1.54, 1.807) is 48.5 Å². The Hall–Kier alpha value is -4.94. The number of hydrogen-bond donors (Lipinski definition) is 1. The molecule has 0 aliphatic carbocycles. The van der Waals surface area contributed by atoms with Gasteiger partial charge in [0.15, 0.2) is 10.9 Å². The smallest absolute Gasteiger partial charge is 0.496 e. The maximum Gasteiger partial charge on any atom is 0.573 e. The first-order chi connectivity index (χ1) is 22.9.